The molecule has 27 heavy (non-hydrogen) atoms. The zero-order chi connectivity index (χ0) is 18.4. The summed E-state index contributed by atoms with van der Waals surface area (Å²) in [6, 6.07) is 16.7. The maximum atomic E-state index is 12.9. The van der Waals surface area contributed by atoms with Gasteiger partial charge in [0.2, 0.25) is 5.95 Å². The normalized spacial score (nSPS) is 17.7. The maximum Gasteiger partial charge on any atom is 0.261 e. The van der Waals surface area contributed by atoms with Crippen molar-refractivity contribution in [2.75, 3.05) is 16.3 Å². The van der Waals surface area contributed by atoms with Gasteiger partial charge in [0.15, 0.2) is 0 Å². The van der Waals surface area contributed by atoms with Gasteiger partial charge < -0.3 is 9.80 Å². The van der Waals surface area contributed by atoms with Gasteiger partial charge in [-0.1, -0.05) is 36.4 Å². The molecule has 1 unspecified atom stereocenters. The van der Waals surface area contributed by atoms with Crippen molar-refractivity contribution in [3.8, 4) is 0 Å². The largest absolute Gasteiger partial charge is 0.308 e. The Labute approximate surface area is 158 Å². The highest BCUT2D eigenvalue weighted by molar-refractivity contribution is 6.07. The second-order valence-electron chi connectivity index (χ2n) is 7.16. The SMILES string of the molecule is CC1Cc2ccccc2N1c1ncc(C(=O)N2CCc3ccccc32)cn1. The fourth-order valence-electron chi connectivity index (χ4n) is 4.13. The Kier molecular flexibility index (Phi) is 3.67. The number of aromatic nitrogens is 2. The van der Waals surface area contributed by atoms with Gasteiger partial charge in [-0.3, -0.25) is 4.79 Å². The predicted octanol–water partition coefficient (Wildman–Crippen LogP) is 3.76. The topological polar surface area (TPSA) is 49.3 Å². The summed E-state index contributed by atoms with van der Waals surface area (Å²) >= 11 is 0. The molecule has 2 aromatic carbocycles. The molecule has 2 aliphatic rings. The van der Waals surface area contributed by atoms with Crippen molar-refractivity contribution >= 4 is 23.2 Å². The monoisotopic (exact) mass is 356 g/mol. The summed E-state index contributed by atoms with van der Waals surface area (Å²) < 4.78 is 0. The van der Waals surface area contributed by atoms with E-state index in [0.717, 1.165) is 24.2 Å². The van der Waals surface area contributed by atoms with Gasteiger partial charge in [-0.25, -0.2) is 9.97 Å². The number of hydrogen-bond acceptors (Lipinski definition) is 4. The van der Waals surface area contributed by atoms with Crippen LogP contribution in [-0.2, 0) is 12.8 Å². The Morgan fingerprint density at radius 2 is 1.63 bits per heavy atom. The Morgan fingerprint density at radius 3 is 2.41 bits per heavy atom. The first-order chi connectivity index (χ1) is 13.2. The molecule has 1 aromatic heterocycles. The van der Waals surface area contributed by atoms with E-state index in [1.165, 1.54) is 11.1 Å². The van der Waals surface area contributed by atoms with E-state index in [-0.39, 0.29) is 5.91 Å². The number of carbonyl (C=O) groups is 1. The van der Waals surface area contributed by atoms with Crippen LogP contribution in [0.4, 0.5) is 17.3 Å². The van der Waals surface area contributed by atoms with Gasteiger partial charge in [0.1, 0.15) is 0 Å². The number of rotatable bonds is 2. The van der Waals surface area contributed by atoms with Crippen LogP contribution in [0.1, 0.15) is 28.4 Å². The van der Waals surface area contributed by atoms with Crippen molar-refractivity contribution in [2.45, 2.75) is 25.8 Å². The Bertz CT molecular complexity index is 1010. The minimum Gasteiger partial charge on any atom is -0.308 e. The van der Waals surface area contributed by atoms with Gasteiger partial charge in [-0.2, -0.15) is 0 Å². The van der Waals surface area contributed by atoms with Crippen molar-refractivity contribution in [1.82, 2.24) is 9.97 Å². The molecule has 0 bridgehead atoms. The molecule has 0 saturated carbocycles. The highest BCUT2D eigenvalue weighted by Gasteiger charge is 2.29. The molecule has 3 aromatic rings. The van der Waals surface area contributed by atoms with Gasteiger partial charge in [-0.15, -0.1) is 0 Å². The summed E-state index contributed by atoms with van der Waals surface area (Å²) in [5, 5.41) is 0. The lowest BCUT2D eigenvalue weighted by Gasteiger charge is -2.23. The number of fused-ring (bicyclic) bond motifs is 2. The average molecular weight is 356 g/mol. The van der Waals surface area contributed by atoms with Crippen molar-refractivity contribution in [2.24, 2.45) is 0 Å². The predicted molar refractivity (Wildman–Crippen MR) is 106 cm³/mol. The number of anilines is 3. The zero-order valence-electron chi connectivity index (χ0n) is 15.2. The van der Waals surface area contributed by atoms with E-state index < -0.39 is 0 Å². The quantitative estimate of drug-likeness (QED) is 0.701. The standard InChI is InChI=1S/C22H20N4O/c1-15-12-17-7-3-5-9-20(17)26(15)22-23-13-18(14-24-22)21(27)25-11-10-16-6-2-4-8-19(16)25/h2-9,13-15H,10-12H2,1H3. The van der Waals surface area contributed by atoms with Crippen LogP contribution in [0.3, 0.4) is 0 Å². The molecule has 0 spiro atoms. The van der Waals surface area contributed by atoms with Crippen molar-refractivity contribution < 1.29 is 4.79 Å². The molecule has 5 nitrogen and oxygen atoms in total. The molecule has 0 radical (unpaired) electrons. The third-order valence-electron chi connectivity index (χ3n) is 5.44. The van der Waals surface area contributed by atoms with Crippen molar-refractivity contribution in [3.05, 3.63) is 77.6 Å². The molecule has 0 saturated heterocycles. The van der Waals surface area contributed by atoms with E-state index in [2.05, 4.69) is 46.1 Å². The van der Waals surface area contributed by atoms with Gasteiger partial charge in [0.25, 0.3) is 5.91 Å². The summed E-state index contributed by atoms with van der Waals surface area (Å²) in [7, 11) is 0. The fraction of sp³-hybridized carbons (Fsp3) is 0.227. The van der Waals surface area contributed by atoms with Crippen LogP contribution in [0.2, 0.25) is 0 Å². The van der Waals surface area contributed by atoms with Crippen LogP contribution in [-0.4, -0.2) is 28.5 Å². The number of amides is 1. The highest BCUT2D eigenvalue weighted by Crippen LogP contribution is 2.36. The lowest BCUT2D eigenvalue weighted by Crippen LogP contribution is -2.30. The summed E-state index contributed by atoms with van der Waals surface area (Å²) in [6.07, 6.45) is 5.17. The molecule has 1 atom stereocenters. The molecule has 0 aliphatic carbocycles. The molecular formula is C22H20N4O. The Balaban J connectivity index is 1.42. The summed E-state index contributed by atoms with van der Waals surface area (Å²) in [6.45, 7) is 2.88. The number of nitrogens with zero attached hydrogens (tertiary/aromatic N) is 4. The molecule has 0 fully saturated rings. The number of benzene rings is 2. The zero-order valence-corrected chi connectivity index (χ0v) is 15.2. The number of hydrogen-bond donors (Lipinski definition) is 0. The molecule has 3 heterocycles. The Hall–Kier alpha value is -3.21. The minimum atomic E-state index is -0.0404. The molecule has 5 rings (SSSR count). The second kappa shape index (κ2) is 6.20. The van der Waals surface area contributed by atoms with Crippen molar-refractivity contribution in [3.63, 3.8) is 0 Å². The molecule has 1 amide bonds. The summed E-state index contributed by atoms with van der Waals surface area (Å²) in [5.74, 6) is 0.604. The van der Waals surface area contributed by atoms with Crippen LogP contribution in [0.15, 0.2) is 60.9 Å². The van der Waals surface area contributed by atoms with Crippen LogP contribution >= 0.6 is 0 Å². The third-order valence-corrected chi connectivity index (χ3v) is 5.44. The molecule has 0 N–H and O–H groups in total. The van der Waals surface area contributed by atoms with Gasteiger partial charge in [0, 0.05) is 36.4 Å². The third kappa shape index (κ3) is 2.58. The fourth-order valence-corrected chi connectivity index (χ4v) is 4.13. The van der Waals surface area contributed by atoms with E-state index in [9.17, 15) is 4.79 Å². The first-order valence-corrected chi connectivity index (χ1v) is 9.31. The molecule has 2 aliphatic heterocycles. The number of para-hydroxylation sites is 2. The minimum absolute atomic E-state index is 0.0404. The van der Waals surface area contributed by atoms with E-state index in [1.54, 1.807) is 12.4 Å². The number of carbonyl (C=O) groups excluding carboxylic acids is 1. The summed E-state index contributed by atoms with van der Waals surface area (Å²) in [5.41, 5.74) is 5.19. The van der Waals surface area contributed by atoms with Crippen LogP contribution in [0.5, 0.6) is 0 Å². The van der Waals surface area contributed by atoms with Gasteiger partial charge >= 0.3 is 0 Å². The first kappa shape index (κ1) is 16.0. The lowest BCUT2D eigenvalue weighted by atomic mass is 10.1. The molecular weight excluding hydrogens is 336 g/mol. The van der Waals surface area contributed by atoms with E-state index in [1.807, 2.05) is 29.2 Å². The maximum absolute atomic E-state index is 12.9. The van der Waals surface area contributed by atoms with Crippen LogP contribution < -0.4 is 9.80 Å². The lowest BCUT2D eigenvalue weighted by molar-refractivity contribution is 0.0988. The van der Waals surface area contributed by atoms with Crippen molar-refractivity contribution in [1.29, 1.82) is 0 Å². The smallest absolute Gasteiger partial charge is 0.261 e. The van der Waals surface area contributed by atoms with E-state index in [4.69, 9.17) is 0 Å². The first-order valence-electron chi connectivity index (χ1n) is 9.31. The highest BCUT2D eigenvalue weighted by atomic mass is 16.2. The molecule has 134 valence electrons. The molecule has 5 heteroatoms. The second-order valence-corrected chi connectivity index (χ2v) is 7.16. The summed E-state index contributed by atoms with van der Waals surface area (Å²) in [4.78, 5) is 26.0. The van der Waals surface area contributed by atoms with E-state index in [0.29, 0.717) is 24.1 Å². The van der Waals surface area contributed by atoms with Gasteiger partial charge in [0.05, 0.1) is 5.56 Å². The van der Waals surface area contributed by atoms with Crippen LogP contribution in [0.25, 0.3) is 0 Å². The van der Waals surface area contributed by atoms with Crippen LogP contribution in [0, 0.1) is 0 Å². The van der Waals surface area contributed by atoms with Gasteiger partial charge in [-0.05, 0) is 43.0 Å². The average Bonchev–Trinajstić information content (AvgIpc) is 3.28. The van der Waals surface area contributed by atoms with E-state index >= 15 is 0 Å². The Morgan fingerprint density at radius 1 is 0.963 bits per heavy atom.